The number of amides is 2. The first-order valence-corrected chi connectivity index (χ1v) is 11.4. The largest absolute Gasteiger partial charge is 0.425 e. The van der Waals surface area contributed by atoms with Crippen molar-refractivity contribution in [3.05, 3.63) is 77.8 Å². The Kier molecular flexibility index (Phi) is 5.66. The molecule has 170 valence electrons. The van der Waals surface area contributed by atoms with E-state index in [0.717, 1.165) is 18.4 Å². The summed E-state index contributed by atoms with van der Waals surface area (Å²) >= 11 is 0. The van der Waals surface area contributed by atoms with Crippen molar-refractivity contribution in [3.8, 4) is 0 Å². The van der Waals surface area contributed by atoms with Crippen LogP contribution in [0, 0.1) is 12.3 Å². The minimum absolute atomic E-state index is 0.0382. The Balaban J connectivity index is 1.33. The molecule has 1 spiro atoms. The molecule has 8 heteroatoms. The Morgan fingerprint density at radius 3 is 2.52 bits per heavy atom. The SMILES string of the molecule is Cc1nnc(C2CN(C(=O)c3cccnc3)CC23CCN(C(=O)Cc2ccccc2)CC3)o1. The van der Waals surface area contributed by atoms with Gasteiger partial charge in [0, 0.05) is 50.9 Å². The van der Waals surface area contributed by atoms with Crippen molar-refractivity contribution >= 4 is 11.8 Å². The van der Waals surface area contributed by atoms with Crippen molar-refractivity contribution < 1.29 is 14.0 Å². The molecule has 1 atom stereocenters. The average Bonchev–Trinajstić information content (AvgIpc) is 3.44. The van der Waals surface area contributed by atoms with E-state index in [2.05, 4.69) is 15.2 Å². The lowest BCUT2D eigenvalue weighted by Gasteiger charge is -2.41. The smallest absolute Gasteiger partial charge is 0.255 e. The number of benzene rings is 1. The second kappa shape index (κ2) is 8.77. The molecule has 1 unspecified atom stereocenters. The fourth-order valence-corrected chi connectivity index (χ4v) is 5.18. The van der Waals surface area contributed by atoms with Gasteiger partial charge in [-0.25, -0.2) is 0 Å². The Labute approximate surface area is 192 Å². The Bertz CT molecular complexity index is 1120. The summed E-state index contributed by atoms with van der Waals surface area (Å²) in [6.45, 7) is 4.22. The van der Waals surface area contributed by atoms with E-state index >= 15 is 0 Å². The maximum absolute atomic E-state index is 13.2. The summed E-state index contributed by atoms with van der Waals surface area (Å²) in [4.78, 5) is 34.0. The van der Waals surface area contributed by atoms with Gasteiger partial charge in [0.25, 0.3) is 5.91 Å². The molecule has 2 aromatic heterocycles. The van der Waals surface area contributed by atoms with Crippen LogP contribution < -0.4 is 0 Å². The van der Waals surface area contributed by atoms with Gasteiger partial charge in [0.05, 0.1) is 17.9 Å². The monoisotopic (exact) mass is 445 g/mol. The van der Waals surface area contributed by atoms with E-state index in [0.29, 0.717) is 49.9 Å². The molecule has 4 heterocycles. The van der Waals surface area contributed by atoms with Gasteiger partial charge in [-0.05, 0) is 30.5 Å². The van der Waals surface area contributed by atoms with Crippen LogP contribution in [0.3, 0.4) is 0 Å². The molecular weight excluding hydrogens is 418 g/mol. The third kappa shape index (κ3) is 4.25. The summed E-state index contributed by atoms with van der Waals surface area (Å²) in [6.07, 6.45) is 5.25. The highest BCUT2D eigenvalue weighted by Gasteiger charge is 2.52. The lowest BCUT2D eigenvalue weighted by atomic mass is 9.70. The van der Waals surface area contributed by atoms with Crippen molar-refractivity contribution in [2.45, 2.75) is 32.1 Å². The first-order chi connectivity index (χ1) is 16.0. The number of likely N-dealkylation sites (tertiary alicyclic amines) is 2. The maximum atomic E-state index is 13.2. The normalized spacial score (nSPS) is 19.7. The molecule has 2 aliphatic rings. The molecule has 2 amide bonds. The van der Waals surface area contributed by atoms with E-state index in [1.54, 1.807) is 31.5 Å². The number of aromatic nitrogens is 3. The van der Waals surface area contributed by atoms with Crippen LogP contribution in [0.5, 0.6) is 0 Å². The van der Waals surface area contributed by atoms with E-state index in [9.17, 15) is 9.59 Å². The van der Waals surface area contributed by atoms with Gasteiger partial charge in [-0.2, -0.15) is 0 Å². The van der Waals surface area contributed by atoms with Gasteiger partial charge >= 0.3 is 0 Å². The Hall–Kier alpha value is -3.55. The maximum Gasteiger partial charge on any atom is 0.255 e. The second-order valence-electron chi connectivity index (χ2n) is 9.04. The van der Waals surface area contributed by atoms with E-state index < -0.39 is 0 Å². The predicted molar refractivity (Wildman–Crippen MR) is 120 cm³/mol. The van der Waals surface area contributed by atoms with E-state index in [1.165, 1.54) is 0 Å². The third-order valence-electron chi connectivity index (χ3n) is 6.99. The molecule has 0 saturated carbocycles. The number of hydrogen-bond donors (Lipinski definition) is 0. The fraction of sp³-hybridized carbons (Fsp3) is 0.400. The quantitative estimate of drug-likeness (QED) is 0.613. The molecular formula is C25H27N5O3. The molecule has 0 radical (unpaired) electrons. The molecule has 0 aliphatic carbocycles. The summed E-state index contributed by atoms with van der Waals surface area (Å²) in [5.74, 6) is 1.16. The van der Waals surface area contributed by atoms with Crippen LogP contribution in [-0.4, -0.2) is 63.0 Å². The standard InChI is InChI=1S/C25H27N5O3/c1-18-27-28-23(33-18)21-16-30(24(32)20-8-5-11-26-15-20)17-25(21)9-12-29(13-10-25)22(31)14-19-6-3-2-4-7-19/h2-8,11,15,21H,9-10,12-14,16-17H2,1H3. The number of pyridine rings is 1. The van der Waals surface area contributed by atoms with Gasteiger partial charge in [0.15, 0.2) is 0 Å². The molecule has 33 heavy (non-hydrogen) atoms. The van der Waals surface area contributed by atoms with Gasteiger partial charge in [-0.3, -0.25) is 14.6 Å². The Morgan fingerprint density at radius 1 is 1.06 bits per heavy atom. The molecule has 2 fully saturated rings. The predicted octanol–water partition coefficient (Wildman–Crippen LogP) is 2.86. The van der Waals surface area contributed by atoms with Crippen molar-refractivity contribution in [1.82, 2.24) is 25.0 Å². The zero-order valence-electron chi connectivity index (χ0n) is 18.7. The zero-order chi connectivity index (χ0) is 22.8. The summed E-state index contributed by atoms with van der Waals surface area (Å²) in [6, 6.07) is 13.4. The van der Waals surface area contributed by atoms with Gasteiger partial charge in [-0.1, -0.05) is 30.3 Å². The topological polar surface area (TPSA) is 92.4 Å². The summed E-state index contributed by atoms with van der Waals surface area (Å²) in [5.41, 5.74) is 1.40. The second-order valence-corrected chi connectivity index (χ2v) is 9.04. The van der Waals surface area contributed by atoms with E-state index in [-0.39, 0.29) is 23.1 Å². The van der Waals surface area contributed by atoms with Gasteiger partial charge in [-0.15, -0.1) is 10.2 Å². The summed E-state index contributed by atoms with van der Waals surface area (Å²) in [7, 11) is 0. The van der Waals surface area contributed by atoms with E-state index in [1.807, 2.05) is 40.1 Å². The van der Waals surface area contributed by atoms with Crippen molar-refractivity contribution in [2.75, 3.05) is 26.2 Å². The minimum Gasteiger partial charge on any atom is -0.425 e. The molecule has 2 aliphatic heterocycles. The number of nitrogens with zero attached hydrogens (tertiary/aromatic N) is 5. The van der Waals surface area contributed by atoms with Crippen LogP contribution in [-0.2, 0) is 11.2 Å². The lowest BCUT2D eigenvalue weighted by molar-refractivity contribution is -0.132. The first-order valence-electron chi connectivity index (χ1n) is 11.4. The molecule has 5 rings (SSSR count). The van der Waals surface area contributed by atoms with Gasteiger partial charge < -0.3 is 14.2 Å². The summed E-state index contributed by atoms with van der Waals surface area (Å²) < 4.78 is 5.83. The molecule has 2 saturated heterocycles. The number of piperidine rings is 1. The highest BCUT2D eigenvalue weighted by molar-refractivity contribution is 5.94. The fourth-order valence-electron chi connectivity index (χ4n) is 5.18. The number of hydrogen-bond acceptors (Lipinski definition) is 6. The minimum atomic E-state index is -0.194. The van der Waals surface area contributed by atoms with Crippen LogP contribution in [0.1, 0.15) is 46.5 Å². The molecule has 1 aromatic carbocycles. The lowest BCUT2D eigenvalue weighted by Crippen LogP contribution is -2.46. The van der Waals surface area contributed by atoms with Crippen LogP contribution >= 0.6 is 0 Å². The molecule has 0 bridgehead atoms. The van der Waals surface area contributed by atoms with Crippen LogP contribution in [0.15, 0.2) is 59.3 Å². The number of aryl methyl sites for hydroxylation is 1. The molecule has 0 N–H and O–H groups in total. The van der Waals surface area contributed by atoms with Crippen LogP contribution in [0.25, 0.3) is 0 Å². The van der Waals surface area contributed by atoms with Crippen molar-refractivity contribution in [3.63, 3.8) is 0 Å². The highest BCUT2D eigenvalue weighted by Crippen LogP contribution is 2.49. The molecule has 3 aromatic rings. The van der Waals surface area contributed by atoms with Crippen molar-refractivity contribution in [2.24, 2.45) is 5.41 Å². The number of carbonyl (C=O) groups is 2. The molecule has 8 nitrogen and oxygen atoms in total. The van der Waals surface area contributed by atoms with Crippen LogP contribution in [0.4, 0.5) is 0 Å². The number of rotatable bonds is 4. The van der Waals surface area contributed by atoms with Crippen molar-refractivity contribution in [1.29, 1.82) is 0 Å². The van der Waals surface area contributed by atoms with Gasteiger partial charge in [0.2, 0.25) is 17.7 Å². The zero-order valence-corrected chi connectivity index (χ0v) is 18.7. The average molecular weight is 446 g/mol. The first kappa shape index (κ1) is 21.3. The Morgan fingerprint density at radius 2 is 1.85 bits per heavy atom. The van der Waals surface area contributed by atoms with E-state index in [4.69, 9.17) is 4.42 Å². The summed E-state index contributed by atoms with van der Waals surface area (Å²) in [5, 5.41) is 8.34. The van der Waals surface area contributed by atoms with Gasteiger partial charge in [0.1, 0.15) is 0 Å². The van der Waals surface area contributed by atoms with Crippen LogP contribution in [0.2, 0.25) is 0 Å². The third-order valence-corrected chi connectivity index (χ3v) is 6.99. The highest BCUT2D eigenvalue weighted by atomic mass is 16.4. The number of carbonyl (C=O) groups excluding carboxylic acids is 2.